The number of carbonyl (C=O) groups excluding carboxylic acids is 3. The minimum absolute atomic E-state index is 0.0319. The highest BCUT2D eigenvalue weighted by Gasteiger charge is 2.35. The standard InChI is InChI=1S/C21H21N3O5/c1-3-14-6-4-5-7-15(14)22-19(26)12-24-20(27)16(23-21(24)28)10-13-8-9-17(25)18(11-13)29-2/h4-11,25H,3,12H2,1-2H3,(H,22,26)(H,23,28)/b16-10+. The summed E-state index contributed by atoms with van der Waals surface area (Å²) < 4.78 is 5.03. The lowest BCUT2D eigenvalue weighted by atomic mass is 10.1. The number of methoxy groups -OCH3 is 1. The van der Waals surface area contributed by atoms with Crippen molar-refractivity contribution in [1.82, 2.24) is 10.2 Å². The number of carbonyl (C=O) groups is 3. The normalized spacial score (nSPS) is 14.8. The summed E-state index contributed by atoms with van der Waals surface area (Å²) in [6.07, 6.45) is 2.19. The van der Waals surface area contributed by atoms with E-state index in [0.717, 1.165) is 16.9 Å². The van der Waals surface area contributed by atoms with Crippen LogP contribution in [-0.4, -0.2) is 41.5 Å². The van der Waals surface area contributed by atoms with Crippen molar-refractivity contribution in [3.63, 3.8) is 0 Å². The van der Waals surface area contributed by atoms with Gasteiger partial charge >= 0.3 is 6.03 Å². The smallest absolute Gasteiger partial charge is 0.329 e. The molecule has 2 aromatic rings. The summed E-state index contributed by atoms with van der Waals surface area (Å²) in [4.78, 5) is 38.0. The average Bonchev–Trinajstić information content (AvgIpc) is 2.97. The van der Waals surface area contributed by atoms with Gasteiger partial charge in [-0.2, -0.15) is 0 Å². The third kappa shape index (κ3) is 4.37. The van der Waals surface area contributed by atoms with Gasteiger partial charge < -0.3 is 20.5 Å². The fraction of sp³-hybridized carbons (Fsp3) is 0.190. The molecule has 0 unspecified atom stereocenters. The molecule has 1 aliphatic heterocycles. The lowest BCUT2D eigenvalue weighted by Gasteiger charge is -2.13. The monoisotopic (exact) mass is 395 g/mol. The Morgan fingerprint density at radius 1 is 1.24 bits per heavy atom. The lowest BCUT2D eigenvalue weighted by molar-refractivity contribution is -0.127. The Bertz CT molecular complexity index is 1000. The second-order valence-corrected chi connectivity index (χ2v) is 6.37. The maximum absolute atomic E-state index is 12.6. The number of nitrogens with one attached hydrogen (secondary N) is 2. The highest BCUT2D eigenvalue weighted by Crippen LogP contribution is 2.27. The molecular weight excluding hydrogens is 374 g/mol. The minimum Gasteiger partial charge on any atom is -0.504 e. The van der Waals surface area contributed by atoms with E-state index in [-0.39, 0.29) is 17.2 Å². The van der Waals surface area contributed by atoms with Crippen LogP contribution in [0.3, 0.4) is 0 Å². The molecule has 29 heavy (non-hydrogen) atoms. The Morgan fingerprint density at radius 3 is 2.72 bits per heavy atom. The molecule has 0 saturated carbocycles. The van der Waals surface area contributed by atoms with Gasteiger partial charge in [0.25, 0.3) is 5.91 Å². The van der Waals surface area contributed by atoms with E-state index in [9.17, 15) is 19.5 Å². The Labute approximate surface area is 167 Å². The van der Waals surface area contributed by atoms with Crippen LogP contribution in [0.1, 0.15) is 18.1 Å². The fourth-order valence-corrected chi connectivity index (χ4v) is 2.95. The van der Waals surface area contributed by atoms with E-state index in [1.54, 1.807) is 18.2 Å². The van der Waals surface area contributed by atoms with Crippen molar-refractivity contribution < 1.29 is 24.2 Å². The largest absolute Gasteiger partial charge is 0.504 e. The molecule has 3 rings (SSSR count). The number of hydrogen-bond donors (Lipinski definition) is 3. The number of phenols is 1. The number of aryl methyl sites for hydroxylation is 1. The van der Waals surface area contributed by atoms with Crippen molar-refractivity contribution in [3.05, 3.63) is 59.3 Å². The quantitative estimate of drug-likeness (QED) is 0.514. The molecule has 0 radical (unpaired) electrons. The Kier molecular flexibility index (Phi) is 5.82. The molecule has 0 aliphatic carbocycles. The number of rotatable bonds is 6. The highest BCUT2D eigenvalue weighted by molar-refractivity contribution is 6.16. The molecule has 0 aromatic heterocycles. The van der Waals surface area contributed by atoms with Gasteiger partial charge in [-0.25, -0.2) is 9.69 Å². The third-order valence-corrected chi connectivity index (χ3v) is 4.45. The Hall–Kier alpha value is -3.81. The molecule has 0 spiro atoms. The number of imide groups is 1. The van der Waals surface area contributed by atoms with Crippen LogP contribution in [0, 0.1) is 0 Å². The zero-order valence-corrected chi connectivity index (χ0v) is 16.1. The average molecular weight is 395 g/mol. The SMILES string of the molecule is CCc1ccccc1NC(=O)CN1C(=O)N/C(=C/c2ccc(O)c(OC)c2)C1=O. The summed E-state index contributed by atoms with van der Waals surface area (Å²) in [5, 5.41) is 14.9. The predicted molar refractivity (Wildman–Crippen MR) is 107 cm³/mol. The van der Waals surface area contributed by atoms with Crippen LogP contribution >= 0.6 is 0 Å². The maximum atomic E-state index is 12.6. The number of para-hydroxylation sites is 1. The molecule has 8 heteroatoms. The van der Waals surface area contributed by atoms with Gasteiger partial charge in [0.15, 0.2) is 11.5 Å². The van der Waals surface area contributed by atoms with Crippen LogP contribution in [0.25, 0.3) is 6.08 Å². The van der Waals surface area contributed by atoms with E-state index in [2.05, 4.69) is 10.6 Å². The first-order chi connectivity index (χ1) is 13.9. The number of hydrogen-bond acceptors (Lipinski definition) is 5. The maximum Gasteiger partial charge on any atom is 0.329 e. The van der Waals surface area contributed by atoms with Crippen molar-refractivity contribution in [2.24, 2.45) is 0 Å². The zero-order chi connectivity index (χ0) is 21.0. The first-order valence-corrected chi connectivity index (χ1v) is 9.02. The number of aromatic hydroxyl groups is 1. The van der Waals surface area contributed by atoms with Crippen LogP contribution in [-0.2, 0) is 16.0 Å². The predicted octanol–water partition coefficient (Wildman–Crippen LogP) is 2.49. The summed E-state index contributed by atoms with van der Waals surface area (Å²) in [5.74, 6) is -0.882. The van der Waals surface area contributed by atoms with Crippen molar-refractivity contribution in [1.29, 1.82) is 0 Å². The van der Waals surface area contributed by atoms with Gasteiger partial charge in [0.1, 0.15) is 12.2 Å². The molecule has 0 bridgehead atoms. The van der Waals surface area contributed by atoms with Gasteiger partial charge in [-0.3, -0.25) is 9.59 Å². The van der Waals surface area contributed by atoms with Crippen molar-refractivity contribution in [2.45, 2.75) is 13.3 Å². The summed E-state index contributed by atoms with van der Waals surface area (Å²) in [6, 6.07) is 11.2. The van der Waals surface area contributed by atoms with E-state index in [1.165, 1.54) is 25.3 Å². The number of urea groups is 1. The topological polar surface area (TPSA) is 108 Å². The zero-order valence-electron chi connectivity index (χ0n) is 16.1. The van der Waals surface area contributed by atoms with Crippen LogP contribution in [0.15, 0.2) is 48.2 Å². The number of benzene rings is 2. The molecule has 150 valence electrons. The van der Waals surface area contributed by atoms with E-state index >= 15 is 0 Å². The van der Waals surface area contributed by atoms with Crippen molar-refractivity contribution in [2.75, 3.05) is 19.0 Å². The highest BCUT2D eigenvalue weighted by atomic mass is 16.5. The molecule has 2 aromatic carbocycles. The van der Waals surface area contributed by atoms with Crippen LogP contribution in [0.2, 0.25) is 0 Å². The fourth-order valence-electron chi connectivity index (χ4n) is 2.95. The van der Waals surface area contributed by atoms with E-state index in [4.69, 9.17) is 4.74 Å². The molecular formula is C21H21N3O5. The molecule has 1 fully saturated rings. The molecule has 0 atom stereocenters. The van der Waals surface area contributed by atoms with Crippen molar-refractivity contribution in [3.8, 4) is 11.5 Å². The molecule has 4 amide bonds. The van der Waals surface area contributed by atoms with E-state index in [0.29, 0.717) is 11.3 Å². The van der Waals surface area contributed by atoms with Crippen molar-refractivity contribution >= 4 is 29.6 Å². The second kappa shape index (κ2) is 8.47. The molecule has 8 nitrogen and oxygen atoms in total. The van der Waals surface area contributed by atoms with Gasteiger partial charge in [0, 0.05) is 5.69 Å². The molecule has 1 saturated heterocycles. The Balaban J connectivity index is 1.72. The van der Waals surface area contributed by atoms with Gasteiger partial charge in [0.2, 0.25) is 5.91 Å². The summed E-state index contributed by atoms with van der Waals surface area (Å²) in [7, 11) is 1.41. The summed E-state index contributed by atoms with van der Waals surface area (Å²) in [5.41, 5.74) is 2.19. The number of nitrogens with zero attached hydrogens (tertiary/aromatic N) is 1. The van der Waals surface area contributed by atoms with Gasteiger partial charge in [-0.1, -0.05) is 31.2 Å². The summed E-state index contributed by atoms with van der Waals surface area (Å²) in [6.45, 7) is 1.57. The second-order valence-electron chi connectivity index (χ2n) is 6.37. The van der Waals surface area contributed by atoms with Gasteiger partial charge in [-0.15, -0.1) is 0 Å². The first kappa shape index (κ1) is 19.9. The number of ether oxygens (including phenoxy) is 1. The van der Waals surface area contributed by atoms with Gasteiger partial charge in [0.05, 0.1) is 7.11 Å². The number of anilines is 1. The van der Waals surface area contributed by atoms with Crippen LogP contribution < -0.4 is 15.4 Å². The van der Waals surface area contributed by atoms with E-state index in [1.807, 2.05) is 19.1 Å². The van der Waals surface area contributed by atoms with E-state index < -0.39 is 24.4 Å². The van der Waals surface area contributed by atoms with Gasteiger partial charge in [-0.05, 0) is 41.8 Å². The minimum atomic E-state index is -0.675. The third-order valence-electron chi connectivity index (χ3n) is 4.45. The molecule has 1 heterocycles. The molecule has 1 aliphatic rings. The summed E-state index contributed by atoms with van der Waals surface area (Å²) >= 11 is 0. The first-order valence-electron chi connectivity index (χ1n) is 9.02. The molecule has 3 N–H and O–H groups in total. The van der Waals surface area contributed by atoms with Crippen LogP contribution in [0.4, 0.5) is 10.5 Å². The van der Waals surface area contributed by atoms with Crippen LogP contribution in [0.5, 0.6) is 11.5 Å². The lowest BCUT2D eigenvalue weighted by Crippen LogP contribution is -2.38. The number of phenolic OH excluding ortho intramolecular Hbond substituents is 1. The number of amides is 4. The Morgan fingerprint density at radius 2 is 2.00 bits per heavy atom.